The summed E-state index contributed by atoms with van der Waals surface area (Å²) in [6.07, 6.45) is 11.3. The highest BCUT2D eigenvalue weighted by molar-refractivity contribution is 5.79. The van der Waals surface area contributed by atoms with E-state index in [2.05, 4.69) is 25.3 Å². The molecule has 0 aromatic carbocycles. The molecule has 1 heterocycles. The van der Waals surface area contributed by atoms with Gasteiger partial charge in [-0.3, -0.25) is 9.67 Å². The fourth-order valence-electron chi connectivity index (χ4n) is 3.19. The number of guanidine groups is 1. The molecule has 6 heteroatoms. The molecule has 0 spiro atoms. The van der Waals surface area contributed by atoms with Crippen molar-refractivity contribution >= 4 is 5.96 Å². The van der Waals surface area contributed by atoms with Gasteiger partial charge < -0.3 is 10.2 Å². The van der Waals surface area contributed by atoms with Gasteiger partial charge in [0.2, 0.25) is 0 Å². The van der Waals surface area contributed by atoms with E-state index in [1.54, 1.807) is 11.0 Å². The van der Waals surface area contributed by atoms with Crippen LogP contribution in [0.15, 0.2) is 11.3 Å². The average Bonchev–Trinajstić information content (AvgIpc) is 3.15. The van der Waals surface area contributed by atoms with Crippen molar-refractivity contribution in [2.45, 2.75) is 51.5 Å². The molecule has 2 rings (SSSR count). The lowest BCUT2D eigenvalue weighted by atomic mass is 10.0. The van der Waals surface area contributed by atoms with Crippen LogP contribution in [0.4, 0.5) is 0 Å². The SMILES string of the molecule is CN=C(NCCCCC1CCCC1)N(C)Cc1ncnn1C. The van der Waals surface area contributed by atoms with Crippen molar-refractivity contribution in [3.05, 3.63) is 12.2 Å². The number of aliphatic imine (C=N–C) groups is 1. The first-order valence-electron chi connectivity index (χ1n) is 8.45. The maximum absolute atomic E-state index is 4.35. The Labute approximate surface area is 134 Å². The van der Waals surface area contributed by atoms with Crippen molar-refractivity contribution in [1.29, 1.82) is 0 Å². The monoisotopic (exact) mass is 306 g/mol. The minimum atomic E-state index is 0.707. The molecule has 0 amide bonds. The largest absolute Gasteiger partial charge is 0.356 e. The second-order valence-corrected chi connectivity index (χ2v) is 6.28. The van der Waals surface area contributed by atoms with Crippen LogP contribution in [-0.2, 0) is 13.6 Å². The second kappa shape index (κ2) is 8.76. The molecule has 1 saturated carbocycles. The Balaban J connectivity index is 1.64. The van der Waals surface area contributed by atoms with E-state index in [0.717, 1.165) is 24.2 Å². The predicted molar refractivity (Wildman–Crippen MR) is 89.6 cm³/mol. The summed E-state index contributed by atoms with van der Waals surface area (Å²) in [6.45, 7) is 1.70. The second-order valence-electron chi connectivity index (χ2n) is 6.28. The Morgan fingerprint density at radius 2 is 2.18 bits per heavy atom. The van der Waals surface area contributed by atoms with Crippen LogP contribution >= 0.6 is 0 Å². The summed E-state index contributed by atoms with van der Waals surface area (Å²) in [5, 5.41) is 7.54. The summed E-state index contributed by atoms with van der Waals surface area (Å²) >= 11 is 0. The molecule has 1 aromatic heterocycles. The Bertz CT molecular complexity index is 461. The van der Waals surface area contributed by atoms with Crippen molar-refractivity contribution in [3.8, 4) is 0 Å². The Hall–Kier alpha value is -1.59. The minimum Gasteiger partial charge on any atom is -0.356 e. The maximum Gasteiger partial charge on any atom is 0.193 e. The lowest BCUT2D eigenvalue weighted by molar-refractivity contribution is 0.441. The molecule has 1 N–H and O–H groups in total. The third-order valence-electron chi connectivity index (χ3n) is 4.55. The van der Waals surface area contributed by atoms with Crippen LogP contribution in [0.5, 0.6) is 0 Å². The molecule has 0 unspecified atom stereocenters. The molecular weight excluding hydrogens is 276 g/mol. The summed E-state index contributed by atoms with van der Waals surface area (Å²) in [4.78, 5) is 10.7. The minimum absolute atomic E-state index is 0.707. The molecule has 0 radical (unpaired) electrons. The number of hydrogen-bond donors (Lipinski definition) is 1. The first-order chi connectivity index (χ1) is 10.7. The smallest absolute Gasteiger partial charge is 0.193 e. The Morgan fingerprint density at radius 3 is 2.82 bits per heavy atom. The molecule has 1 fully saturated rings. The zero-order valence-electron chi connectivity index (χ0n) is 14.3. The summed E-state index contributed by atoms with van der Waals surface area (Å²) in [6, 6.07) is 0. The number of rotatable bonds is 7. The van der Waals surface area contributed by atoms with Crippen LogP contribution in [0.2, 0.25) is 0 Å². The third kappa shape index (κ3) is 5.00. The number of unbranched alkanes of at least 4 members (excludes halogenated alkanes) is 1. The van der Waals surface area contributed by atoms with E-state index >= 15 is 0 Å². The van der Waals surface area contributed by atoms with Crippen molar-refractivity contribution in [1.82, 2.24) is 25.0 Å². The third-order valence-corrected chi connectivity index (χ3v) is 4.55. The number of aromatic nitrogens is 3. The summed E-state index contributed by atoms with van der Waals surface area (Å²) < 4.78 is 1.80. The van der Waals surface area contributed by atoms with Gasteiger partial charge in [-0.2, -0.15) is 5.10 Å². The number of nitrogens with one attached hydrogen (secondary N) is 1. The van der Waals surface area contributed by atoms with Crippen LogP contribution in [-0.4, -0.2) is 46.3 Å². The van der Waals surface area contributed by atoms with Crippen LogP contribution < -0.4 is 5.32 Å². The average molecular weight is 306 g/mol. The molecule has 0 aliphatic heterocycles. The van der Waals surface area contributed by atoms with Gasteiger partial charge in [0.1, 0.15) is 12.2 Å². The van der Waals surface area contributed by atoms with Gasteiger partial charge in [-0.1, -0.05) is 38.5 Å². The lowest BCUT2D eigenvalue weighted by Gasteiger charge is -2.21. The fourth-order valence-corrected chi connectivity index (χ4v) is 3.19. The van der Waals surface area contributed by atoms with Gasteiger partial charge in [-0.25, -0.2) is 4.98 Å². The lowest BCUT2D eigenvalue weighted by Crippen LogP contribution is -2.39. The predicted octanol–water partition coefficient (Wildman–Crippen LogP) is 2.18. The van der Waals surface area contributed by atoms with Gasteiger partial charge >= 0.3 is 0 Å². The van der Waals surface area contributed by atoms with E-state index in [0.29, 0.717) is 6.54 Å². The first kappa shape index (κ1) is 16.8. The molecular formula is C16H30N6. The summed E-state index contributed by atoms with van der Waals surface area (Å²) in [5.41, 5.74) is 0. The maximum atomic E-state index is 4.35. The Kier molecular flexibility index (Phi) is 6.68. The molecule has 124 valence electrons. The van der Waals surface area contributed by atoms with E-state index in [4.69, 9.17) is 0 Å². The molecule has 0 saturated heterocycles. The van der Waals surface area contributed by atoms with Crippen molar-refractivity contribution in [2.24, 2.45) is 18.0 Å². The van der Waals surface area contributed by atoms with Gasteiger partial charge in [-0.05, 0) is 12.3 Å². The molecule has 22 heavy (non-hydrogen) atoms. The topological polar surface area (TPSA) is 58.3 Å². The van der Waals surface area contributed by atoms with Crippen molar-refractivity contribution in [2.75, 3.05) is 20.6 Å². The van der Waals surface area contributed by atoms with Gasteiger partial charge in [0, 0.05) is 27.7 Å². The standard InChI is InChI=1S/C16H30N6/c1-17-16(21(2)12-15-19-13-20-22(15)3)18-11-7-6-10-14-8-4-5-9-14/h13-14H,4-12H2,1-3H3,(H,17,18). The van der Waals surface area contributed by atoms with E-state index in [1.165, 1.54) is 44.9 Å². The number of aryl methyl sites for hydroxylation is 1. The molecule has 1 aliphatic carbocycles. The molecule has 0 bridgehead atoms. The van der Waals surface area contributed by atoms with Crippen molar-refractivity contribution < 1.29 is 0 Å². The van der Waals surface area contributed by atoms with E-state index in [-0.39, 0.29) is 0 Å². The van der Waals surface area contributed by atoms with Gasteiger partial charge in [0.15, 0.2) is 5.96 Å². The number of nitrogens with zero attached hydrogens (tertiary/aromatic N) is 5. The molecule has 1 aliphatic rings. The van der Waals surface area contributed by atoms with Crippen LogP contribution in [0, 0.1) is 5.92 Å². The zero-order valence-corrected chi connectivity index (χ0v) is 14.3. The van der Waals surface area contributed by atoms with Crippen LogP contribution in [0.25, 0.3) is 0 Å². The molecule has 0 atom stereocenters. The highest BCUT2D eigenvalue weighted by Gasteiger charge is 2.14. The fraction of sp³-hybridized carbons (Fsp3) is 0.812. The van der Waals surface area contributed by atoms with Crippen molar-refractivity contribution in [3.63, 3.8) is 0 Å². The highest BCUT2D eigenvalue weighted by Crippen LogP contribution is 2.28. The Morgan fingerprint density at radius 1 is 1.41 bits per heavy atom. The van der Waals surface area contributed by atoms with E-state index in [9.17, 15) is 0 Å². The van der Waals surface area contributed by atoms with Gasteiger partial charge in [0.25, 0.3) is 0 Å². The normalized spacial score (nSPS) is 16.2. The summed E-state index contributed by atoms with van der Waals surface area (Å²) in [7, 11) is 5.77. The van der Waals surface area contributed by atoms with Gasteiger partial charge in [-0.15, -0.1) is 0 Å². The number of hydrogen-bond acceptors (Lipinski definition) is 3. The molecule has 6 nitrogen and oxygen atoms in total. The van der Waals surface area contributed by atoms with E-state index < -0.39 is 0 Å². The zero-order chi connectivity index (χ0) is 15.8. The van der Waals surface area contributed by atoms with Gasteiger partial charge in [0.05, 0.1) is 6.54 Å². The van der Waals surface area contributed by atoms with Crippen LogP contribution in [0.1, 0.15) is 50.8 Å². The van der Waals surface area contributed by atoms with E-state index in [1.807, 2.05) is 21.1 Å². The highest BCUT2D eigenvalue weighted by atomic mass is 15.4. The van der Waals surface area contributed by atoms with Crippen LogP contribution in [0.3, 0.4) is 0 Å². The quantitative estimate of drug-likeness (QED) is 0.476. The summed E-state index contributed by atoms with van der Waals surface area (Å²) in [5.74, 6) is 2.86. The molecule has 1 aromatic rings. The first-order valence-corrected chi connectivity index (χ1v) is 8.45.